The summed E-state index contributed by atoms with van der Waals surface area (Å²) >= 11 is 0. The Morgan fingerprint density at radius 3 is 1.93 bits per heavy atom. The van der Waals surface area contributed by atoms with Crippen LogP contribution in [0.1, 0.15) is 34.6 Å². The lowest BCUT2D eigenvalue weighted by atomic mass is 10.0. The van der Waals surface area contributed by atoms with E-state index in [0.29, 0.717) is 12.0 Å². The second kappa shape index (κ2) is 9.97. The smallest absolute Gasteiger partial charge is 0.209 e. The molecular weight excluding hydrogens is 188 g/mol. The van der Waals surface area contributed by atoms with E-state index in [1.54, 1.807) is 4.90 Å². The Balaban J connectivity index is 0. The molecule has 92 valence electrons. The Kier molecular flexibility index (Phi) is 11.2. The molecule has 0 aliphatic rings. The zero-order chi connectivity index (χ0) is 12.4. The van der Waals surface area contributed by atoms with Crippen LogP contribution in [0.25, 0.3) is 0 Å². The molecule has 0 aromatic carbocycles. The third-order valence-electron chi connectivity index (χ3n) is 2.50. The Labute approximate surface area is 95.4 Å². The topological polar surface area (TPSA) is 23.6 Å². The molecule has 0 fully saturated rings. The van der Waals surface area contributed by atoms with E-state index in [-0.39, 0.29) is 0 Å². The summed E-state index contributed by atoms with van der Waals surface area (Å²) in [5.41, 5.74) is 0. The largest absolute Gasteiger partial charge is 0.344 e. The van der Waals surface area contributed by atoms with Gasteiger partial charge in [0.2, 0.25) is 6.41 Å². The van der Waals surface area contributed by atoms with Gasteiger partial charge in [-0.3, -0.25) is 4.79 Å². The normalized spacial score (nSPS) is 12.1. The third kappa shape index (κ3) is 7.37. The Morgan fingerprint density at radius 2 is 1.67 bits per heavy atom. The maximum atomic E-state index is 10.6. The minimum Gasteiger partial charge on any atom is -0.344 e. The standard InChI is InChI=1S/C10H22N2O.C2H6/c1-6-11(4)7-10(9(2)3)12(5)8-13;1-2/h8-10H,6-7H2,1-5H3;1-2H3. The van der Waals surface area contributed by atoms with Crippen LogP contribution in [0.2, 0.25) is 0 Å². The van der Waals surface area contributed by atoms with Gasteiger partial charge in [0.05, 0.1) is 0 Å². The van der Waals surface area contributed by atoms with Crippen molar-refractivity contribution in [3.63, 3.8) is 0 Å². The number of carbonyl (C=O) groups is 1. The van der Waals surface area contributed by atoms with Crippen LogP contribution in [0, 0.1) is 5.92 Å². The fraction of sp³-hybridized carbons (Fsp3) is 0.917. The van der Waals surface area contributed by atoms with Crippen molar-refractivity contribution in [2.45, 2.75) is 40.7 Å². The highest BCUT2D eigenvalue weighted by atomic mass is 16.1. The molecule has 0 aromatic heterocycles. The average molecular weight is 216 g/mol. The molecular formula is C12H28N2O. The fourth-order valence-corrected chi connectivity index (χ4v) is 1.34. The van der Waals surface area contributed by atoms with E-state index < -0.39 is 0 Å². The number of nitrogens with zero attached hydrogens (tertiary/aromatic N) is 2. The van der Waals surface area contributed by atoms with Crippen LogP contribution in [0.4, 0.5) is 0 Å². The zero-order valence-electron chi connectivity index (χ0n) is 11.4. The van der Waals surface area contributed by atoms with Crippen molar-refractivity contribution in [3.05, 3.63) is 0 Å². The van der Waals surface area contributed by atoms with E-state index in [1.165, 1.54) is 0 Å². The number of amides is 1. The molecule has 0 rings (SSSR count). The Hall–Kier alpha value is -0.570. The van der Waals surface area contributed by atoms with Gasteiger partial charge in [0.1, 0.15) is 0 Å². The van der Waals surface area contributed by atoms with E-state index in [2.05, 4.69) is 32.7 Å². The molecule has 0 aliphatic heterocycles. The third-order valence-corrected chi connectivity index (χ3v) is 2.50. The first-order valence-electron chi connectivity index (χ1n) is 5.88. The fourth-order valence-electron chi connectivity index (χ4n) is 1.34. The summed E-state index contributed by atoms with van der Waals surface area (Å²) in [6.45, 7) is 12.4. The van der Waals surface area contributed by atoms with Gasteiger partial charge in [-0.05, 0) is 19.5 Å². The van der Waals surface area contributed by atoms with Gasteiger partial charge in [-0.25, -0.2) is 0 Å². The number of hydrogen-bond donors (Lipinski definition) is 0. The molecule has 0 aliphatic carbocycles. The van der Waals surface area contributed by atoms with Crippen molar-refractivity contribution in [1.29, 1.82) is 0 Å². The molecule has 1 amide bonds. The summed E-state index contributed by atoms with van der Waals surface area (Å²) in [5, 5.41) is 0. The van der Waals surface area contributed by atoms with Crippen LogP contribution >= 0.6 is 0 Å². The van der Waals surface area contributed by atoms with Crippen LogP contribution in [0.3, 0.4) is 0 Å². The minimum atomic E-state index is 0.322. The van der Waals surface area contributed by atoms with E-state index in [0.717, 1.165) is 19.5 Å². The van der Waals surface area contributed by atoms with Crippen molar-refractivity contribution in [2.75, 3.05) is 27.2 Å². The minimum absolute atomic E-state index is 0.322. The second-order valence-electron chi connectivity index (χ2n) is 3.94. The van der Waals surface area contributed by atoms with E-state index in [1.807, 2.05) is 20.9 Å². The van der Waals surface area contributed by atoms with Gasteiger partial charge in [-0.15, -0.1) is 0 Å². The summed E-state index contributed by atoms with van der Waals surface area (Å²) in [5.74, 6) is 0.504. The average Bonchev–Trinajstić information content (AvgIpc) is 2.26. The molecule has 3 nitrogen and oxygen atoms in total. The van der Waals surface area contributed by atoms with Crippen molar-refractivity contribution < 1.29 is 4.79 Å². The first-order valence-corrected chi connectivity index (χ1v) is 5.88. The second-order valence-corrected chi connectivity index (χ2v) is 3.94. The van der Waals surface area contributed by atoms with Crippen LogP contribution < -0.4 is 0 Å². The summed E-state index contributed by atoms with van der Waals surface area (Å²) in [7, 11) is 3.93. The van der Waals surface area contributed by atoms with E-state index in [4.69, 9.17) is 0 Å². The quantitative estimate of drug-likeness (QED) is 0.635. The zero-order valence-corrected chi connectivity index (χ0v) is 11.4. The molecule has 1 atom stereocenters. The molecule has 3 heteroatoms. The molecule has 0 saturated carbocycles. The summed E-state index contributed by atoms with van der Waals surface area (Å²) in [4.78, 5) is 14.6. The molecule has 0 spiro atoms. The van der Waals surface area contributed by atoms with Crippen molar-refractivity contribution in [1.82, 2.24) is 9.80 Å². The Morgan fingerprint density at radius 1 is 1.20 bits per heavy atom. The SMILES string of the molecule is CC.CCN(C)CC(C(C)C)N(C)C=O. The first-order chi connectivity index (χ1) is 7.02. The van der Waals surface area contributed by atoms with Crippen LogP contribution in [-0.4, -0.2) is 49.4 Å². The molecule has 1 unspecified atom stereocenters. The van der Waals surface area contributed by atoms with Crippen molar-refractivity contribution in [2.24, 2.45) is 5.92 Å². The Bertz CT molecular complexity index is 149. The lowest BCUT2D eigenvalue weighted by Gasteiger charge is -2.31. The van der Waals surface area contributed by atoms with Gasteiger partial charge < -0.3 is 9.80 Å². The van der Waals surface area contributed by atoms with Gasteiger partial charge in [0, 0.05) is 19.6 Å². The monoisotopic (exact) mass is 216 g/mol. The maximum absolute atomic E-state index is 10.6. The molecule has 0 heterocycles. The highest BCUT2D eigenvalue weighted by Crippen LogP contribution is 2.08. The lowest BCUT2D eigenvalue weighted by Crippen LogP contribution is -2.43. The predicted molar refractivity (Wildman–Crippen MR) is 67.0 cm³/mol. The van der Waals surface area contributed by atoms with Gasteiger partial charge in [0.15, 0.2) is 0 Å². The van der Waals surface area contributed by atoms with Gasteiger partial charge in [0.25, 0.3) is 0 Å². The summed E-state index contributed by atoms with van der Waals surface area (Å²) < 4.78 is 0. The van der Waals surface area contributed by atoms with Crippen molar-refractivity contribution >= 4 is 6.41 Å². The van der Waals surface area contributed by atoms with Crippen LogP contribution in [0.15, 0.2) is 0 Å². The van der Waals surface area contributed by atoms with E-state index in [9.17, 15) is 4.79 Å². The van der Waals surface area contributed by atoms with Crippen molar-refractivity contribution in [3.8, 4) is 0 Å². The van der Waals surface area contributed by atoms with Crippen LogP contribution in [-0.2, 0) is 4.79 Å². The number of carbonyl (C=O) groups excluding carboxylic acids is 1. The van der Waals surface area contributed by atoms with Crippen LogP contribution in [0.5, 0.6) is 0 Å². The molecule has 0 aromatic rings. The maximum Gasteiger partial charge on any atom is 0.209 e. The lowest BCUT2D eigenvalue weighted by molar-refractivity contribution is -0.119. The van der Waals surface area contributed by atoms with Gasteiger partial charge in [-0.1, -0.05) is 34.6 Å². The first kappa shape index (κ1) is 16.8. The molecule has 0 saturated heterocycles. The molecule has 0 bridgehead atoms. The summed E-state index contributed by atoms with van der Waals surface area (Å²) in [6.07, 6.45) is 0.911. The number of hydrogen-bond acceptors (Lipinski definition) is 2. The van der Waals surface area contributed by atoms with Gasteiger partial charge in [-0.2, -0.15) is 0 Å². The highest BCUT2D eigenvalue weighted by molar-refractivity contribution is 5.47. The molecule has 0 N–H and O–H groups in total. The predicted octanol–water partition coefficient (Wildman–Crippen LogP) is 2.08. The summed E-state index contributed by atoms with van der Waals surface area (Å²) in [6, 6.07) is 0.322. The van der Waals surface area contributed by atoms with Gasteiger partial charge >= 0.3 is 0 Å². The van der Waals surface area contributed by atoms with E-state index >= 15 is 0 Å². The number of rotatable bonds is 6. The number of likely N-dealkylation sites (N-methyl/N-ethyl adjacent to an activating group) is 2. The molecule has 15 heavy (non-hydrogen) atoms. The highest BCUT2D eigenvalue weighted by Gasteiger charge is 2.18. The molecule has 0 radical (unpaired) electrons.